The average molecular weight is 489 g/mol. The topological polar surface area (TPSA) is 44.3 Å². The molecule has 2 rings (SSSR count). The summed E-state index contributed by atoms with van der Waals surface area (Å²) in [7, 11) is 1.95. The van der Waals surface area contributed by atoms with Crippen molar-refractivity contribution >= 4 is 57.8 Å². The van der Waals surface area contributed by atoms with E-state index in [2.05, 4.69) is 42.9 Å². The minimum atomic E-state index is 0. The maximum atomic E-state index is 6.46. The molecule has 156 valence electrons. The maximum Gasteiger partial charge on any atom is 0.233 e. The van der Waals surface area contributed by atoms with Gasteiger partial charge in [-0.15, -0.1) is 28.7 Å². The Morgan fingerprint density at radius 2 is 1.68 bits per heavy atom. The number of hydrogen-bond acceptors (Lipinski definition) is 6. The maximum absolute atomic E-state index is 6.46. The standard InChI is InChI=1S/C20H30ClN5S.BrH/c1-14(2)26(15(3)4)13-12-22-19-17(27-6)18(21)23-20(24-19)25(5)16-10-8-7-9-11-16;/h7-11,14-15H,12-13H2,1-6H3,(H,22,23,24);1H. The second-order valence-electron chi connectivity index (χ2n) is 6.94. The van der Waals surface area contributed by atoms with Gasteiger partial charge in [0.15, 0.2) is 0 Å². The molecule has 1 heterocycles. The van der Waals surface area contributed by atoms with Crippen LogP contribution in [0.25, 0.3) is 0 Å². The molecule has 0 fully saturated rings. The Balaban J connectivity index is 0.00000392. The highest BCUT2D eigenvalue weighted by molar-refractivity contribution is 8.93. The Labute approximate surface area is 189 Å². The molecule has 0 unspecified atom stereocenters. The van der Waals surface area contributed by atoms with E-state index in [-0.39, 0.29) is 17.0 Å². The number of nitrogens with one attached hydrogen (secondary N) is 1. The SMILES string of the molecule is Br.CSc1c(Cl)nc(N(C)c2ccccc2)nc1NCCN(C(C)C)C(C)C. The molecule has 5 nitrogen and oxygen atoms in total. The van der Waals surface area contributed by atoms with Crippen molar-refractivity contribution in [1.29, 1.82) is 0 Å². The van der Waals surface area contributed by atoms with Gasteiger partial charge in [0.1, 0.15) is 11.0 Å². The van der Waals surface area contributed by atoms with Gasteiger partial charge in [-0.1, -0.05) is 29.8 Å². The van der Waals surface area contributed by atoms with Crippen LogP contribution in [0, 0.1) is 0 Å². The Bertz CT molecular complexity index is 722. The predicted octanol–water partition coefficient (Wildman–Crippen LogP) is 5.73. The first-order valence-corrected chi connectivity index (χ1v) is 10.8. The Morgan fingerprint density at radius 1 is 1.07 bits per heavy atom. The first-order valence-electron chi connectivity index (χ1n) is 9.25. The van der Waals surface area contributed by atoms with Crippen LogP contribution in [-0.4, -0.2) is 53.3 Å². The zero-order chi connectivity index (χ0) is 20.0. The van der Waals surface area contributed by atoms with Crippen molar-refractivity contribution < 1.29 is 0 Å². The van der Waals surface area contributed by atoms with Gasteiger partial charge < -0.3 is 10.2 Å². The summed E-state index contributed by atoms with van der Waals surface area (Å²) >= 11 is 8.02. The van der Waals surface area contributed by atoms with Crippen molar-refractivity contribution in [3.05, 3.63) is 35.5 Å². The normalized spacial score (nSPS) is 11.1. The van der Waals surface area contributed by atoms with Crippen molar-refractivity contribution in [3.8, 4) is 0 Å². The molecule has 28 heavy (non-hydrogen) atoms. The Kier molecular flexibility index (Phi) is 10.6. The highest BCUT2D eigenvalue weighted by Crippen LogP contribution is 2.33. The Morgan fingerprint density at radius 3 is 2.21 bits per heavy atom. The first kappa shape index (κ1) is 25.0. The van der Waals surface area contributed by atoms with Crippen LogP contribution >= 0.6 is 40.3 Å². The number of aromatic nitrogens is 2. The zero-order valence-corrected chi connectivity index (χ0v) is 20.7. The second kappa shape index (κ2) is 11.9. The molecule has 1 aromatic heterocycles. The Hall–Kier alpha value is -1.02. The number of rotatable bonds is 9. The number of hydrogen-bond donors (Lipinski definition) is 1. The van der Waals surface area contributed by atoms with E-state index < -0.39 is 0 Å². The number of nitrogens with zero attached hydrogens (tertiary/aromatic N) is 4. The summed E-state index contributed by atoms with van der Waals surface area (Å²) in [6.07, 6.45) is 1.99. The molecule has 8 heteroatoms. The molecule has 1 aromatic carbocycles. The van der Waals surface area contributed by atoms with Gasteiger partial charge in [0.05, 0.1) is 4.90 Å². The van der Waals surface area contributed by atoms with Crippen molar-refractivity contribution in [2.75, 3.05) is 36.6 Å². The lowest BCUT2D eigenvalue weighted by atomic mass is 10.2. The molecular formula is C20H31BrClN5S. The van der Waals surface area contributed by atoms with Crippen molar-refractivity contribution in [2.24, 2.45) is 0 Å². The van der Waals surface area contributed by atoms with E-state index in [1.54, 1.807) is 11.8 Å². The van der Waals surface area contributed by atoms with Gasteiger partial charge in [0.25, 0.3) is 0 Å². The van der Waals surface area contributed by atoms with Gasteiger partial charge in [-0.25, -0.2) is 0 Å². The molecule has 0 atom stereocenters. The van der Waals surface area contributed by atoms with E-state index in [9.17, 15) is 0 Å². The summed E-state index contributed by atoms with van der Waals surface area (Å²) < 4.78 is 0. The molecule has 0 aliphatic carbocycles. The number of para-hydroxylation sites is 1. The lowest BCUT2D eigenvalue weighted by molar-refractivity contribution is 0.182. The minimum absolute atomic E-state index is 0. The summed E-state index contributed by atoms with van der Waals surface area (Å²) in [5.41, 5.74) is 1.02. The van der Waals surface area contributed by atoms with Gasteiger partial charge in [0, 0.05) is 37.9 Å². The summed E-state index contributed by atoms with van der Waals surface area (Å²) in [5.74, 6) is 1.36. The molecule has 0 radical (unpaired) electrons. The van der Waals surface area contributed by atoms with Gasteiger partial charge in [-0.05, 0) is 46.1 Å². The summed E-state index contributed by atoms with van der Waals surface area (Å²) in [6.45, 7) is 10.6. The third-order valence-corrected chi connectivity index (χ3v) is 5.63. The monoisotopic (exact) mass is 487 g/mol. The first-order chi connectivity index (χ1) is 12.8. The fourth-order valence-corrected chi connectivity index (χ4v) is 3.97. The fourth-order valence-electron chi connectivity index (χ4n) is 3.05. The average Bonchev–Trinajstić information content (AvgIpc) is 2.64. The number of halogens is 2. The van der Waals surface area contributed by atoms with Crippen LogP contribution in [0.15, 0.2) is 35.2 Å². The van der Waals surface area contributed by atoms with E-state index in [0.717, 1.165) is 29.5 Å². The van der Waals surface area contributed by atoms with E-state index in [1.807, 2.05) is 48.5 Å². The molecule has 2 aromatic rings. The third-order valence-electron chi connectivity index (χ3n) is 4.45. The highest BCUT2D eigenvalue weighted by Gasteiger charge is 2.17. The van der Waals surface area contributed by atoms with Crippen LogP contribution in [0.4, 0.5) is 17.5 Å². The van der Waals surface area contributed by atoms with E-state index in [4.69, 9.17) is 16.6 Å². The van der Waals surface area contributed by atoms with Gasteiger partial charge in [0.2, 0.25) is 5.95 Å². The molecule has 1 N–H and O–H groups in total. The number of anilines is 3. The van der Waals surface area contributed by atoms with Crippen LogP contribution in [0.2, 0.25) is 5.15 Å². The number of thioether (sulfide) groups is 1. The molecule has 0 aliphatic rings. The predicted molar refractivity (Wildman–Crippen MR) is 129 cm³/mol. The lowest BCUT2D eigenvalue weighted by Gasteiger charge is -2.30. The molecule has 0 bridgehead atoms. The summed E-state index contributed by atoms with van der Waals surface area (Å²) in [6, 6.07) is 11.0. The molecule has 0 saturated carbocycles. The van der Waals surface area contributed by atoms with Crippen LogP contribution < -0.4 is 10.2 Å². The fraction of sp³-hybridized carbons (Fsp3) is 0.500. The van der Waals surface area contributed by atoms with Crippen molar-refractivity contribution in [3.63, 3.8) is 0 Å². The van der Waals surface area contributed by atoms with Crippen molar-refractivity contribution in [1.82, 2.24) is 14.9 Å². The largest absolute Gasteiger partial charge is 0.368 e. The molecule has 0 aliphatic heterocycles. The van der Waals surface area contributed by atoms with Gasteiger partial charge in [-0.2, -0.15) is 9.97 Å². The van der Waals surface area contributed by atoms with Gasteiger partial charge in [-0.3, -0.25) is 4.90 Å². The van der Waals surface area contributed by atoms with Crippen LogP contribution in [-0.2, 0) is 0 Å². The smallest absolute Gasteiger partial charge is 0.233 e. The van der Waals surface area contributed by atoms with Crippen molar-refractivity contribution in [2.45, 2.75) is 44.7 Å². The quantitative estimate of drug-likeness (QED) is 0.359. The summed E-state index contributed by atoms with van der Waals surface area (Å²) in [4.78, 5) is 14.5. The second-order valence-corrected chi connectivity index (χ2v) is 8.12. The molecular weight excluding hydrogens is 458 g/mol. The zero-order valence-electron chi connectivity index (χ0n) is 17.4. The summed E-state index contributed by atoms with van der Waals surface area (Å²) in [5, 5.41) is 3.94. The van der Waals surface area contributed by atoms with Crippen LogP contribution in [0.3, 0.4) is 0 Å². The van der Waals surface area contributed by atoms with E-state index in [1.165, 1.54) is 0 Å². The number of benzene rings is 1. The van der Waals surface area contributed by atoms with Crippen LogP contribution in [0.1, 0.15) is 27.7 Å². The minimum Gasteiger partial charge on any atom is -0.368 e. The third kappa shape index (κ3) is 6.51. The molecule has 0 saturated heterocycles. The lowest BCUT2D eigenvalue weighted by Crippen LogP contribution is -2.40. The van der Waals surface area contributed by atoms with Crippen LogP contribution in [0.5, 0.6) is 0 Å². The van der Waals surface area contributed by atoms with Gasteiger partial charge >= 0.3 is 0 Å². The molecule has 0 spiro atoms. The van der Waals surface area contributed by atoms with E-state index in [0.29, 0.717) is 23.2 Å². The highest BCUT2D eigenvalue weighted by atomic mass is 79.9. The van der Waals surface area contributed by atoms with E-state index >= 15 is 0 Å². The molecule has 0 amide bonds.